The van der Waals surface area contributed by atoms with E-state index in [1.165, 1.54) is 25.7 Å². The summed E-state index contributed by atoms with van der Waals surface area (Å²) in [6.07, 6.45) is 9.14. The SMILES string of the molecule is O=C(O)CCCCCCCCCCn1nnnc1S. The van der Waals surface area contributed by atoms with Crippen molar-refractivity contribution in [3.63, 3.8) is 0 Å². The van der Waals surface area contributed by atoms with Gasteiger partial charge in [-0.2, -0.15) is 0 Å². The van der Waals surface area contributed by atoms with Crippen LogP contribution >= 0.6 is 12.6 Å². The first kappa shape index (κ1) is 15.9. The van der Waals surface area contributed by atoms with E-state index in [1.807, 2.05) is 0 Å². The molecule has 19 heavy (non-hydrogen) atoms. The normalized spacial score (nSPS) is 10.8. The van der Waals surface area contributed by atoms with Gasteiger partial charge in [0.15, 0.2) is 0 Å². The molecule has 0 aliphatic carbocycles. The van der Waals surface area contributed by atoms with Gasteiger partial charge in [-0.25, -0.2) is 4.68 Å². The summed E-state index contributed by atoms with van der Waals surface area (Å²) in [4.78, 5) is 10.3. The van der Waals surface area contributed by atoms with Crippen LogP contribution in [0.2, 0.25) is 0 Å². The fraction of sp³-hybridized carbons (Fsp3) is 0.833. The average molecular weight is 286 g/mol. The molecule has 0 unspecified atom stereocenters. The Bertz CT molecular complexity index is 370. The molecule has 0 bridgehead atoms. The maximum Gasteiger partial charge on any atom is 0.303 e. The van der Waals surface area contributed by atoms with E-state index in [-0.39, 0.29) is 0 Å². The molecule has 0 aliphatic rings. The van der Waals surface area contributed by atoms with Crippen molar-refractivity contribution in [1.29, 1.82) is 0 Å². The Morgan fingerprint density at radius 2 is 1.63 bits per heavy atom. The van der Waals surface area contributed by atoms with E-state index >= 15 is 0 Å². The van der Waals surface area contributed by atoms with E-state index in [1.54, 1.807) is 4.68 Å². The Morgan fingerprint density at radius 1 is 1.05 bits per heavy atom. The summed E-state index contributed by atoms with van der Waals surface area (Å²) < 4.78 is 1.70. The van der Waals surface area contributed by atoms with Crippen LogP contribution in [0.15, 0.2) is 5.16 Å². The molecular formula is C12H22N4O2S. The summed E-state index contributed by atoms with van der Waals surface area (Å²) >= 11 is 4.14. The zero-order chi connectivity index (χ0) is 13.9. The van der Waals surface area contributed by atoms with Crippen molar-refractivity contribution in [1.82, 2.24) is 20.2 Å². The van der Waals surface area contributed by atoms with Gasteiger partial charge in [-0.3, -0.25) is 4.79 Å². The molecule has 1 aromatic rings. The minimum atomic E-state index is -0.689. The lowest BCUT2D eigenvalue weighted by molar-refractivity contribution is -0.137. The van der Waals surface area contributed by atoms with Gasteiger partial charge in [-0.1, -0.05) is 38.5 Å². The Labute approximate surface area is 119 Å². The number of aliphatic carboxylic acids is 1. The first-order valence-corrected chi connectivity index (χ1v) is 7.32. The van der Waals surface area contributed by atoms with Crippen molar-refractivity contribution in [2.45, 2.75) is 69.5 Å². The predicted molar refractivity (Wildman–Crippen MR) is 74.3 cm³/mol. The molecule has 1 heterocycles. The number of carboxylic acid groups (broad SMARTS) is 1. The second-order valence-corrected chi connectivity index (χ2v) is 5.07. The van der Waals surface area contributed by atoms with Gasteiger partial charge in [0.25, 0.3) is 0 Å². The Hall–Kier alpha value is -1.11. The monoisotopic (exact) mass is 286 g/mol. The number of rotatable bonds is 11. The Kier molecular flexibility index (Phi) is 8.20. The predicted octanol–water partition coefficient (Wildman–Crippen LogP) is 2.56. The van der Waals surface area contributed by atoms with Gasteiger partial charge >= 0.3 is 5.97 Å². The smallest absolute Gasteiger partial charge is 0.303 e. The van der Waals surface area contributed by atoms with Gasteiger partial charge in [0, 0.05) is 13.0 Å². The van der Waals surface area contributed by atoms with Crippen molar-refractivity contribution in [2.75, 3.05) is 0 Å². The number of nitrogens with zero attached hydrogens (tertiary/aromatic N) is 4. The van der Waals surface area contributed by atoms with Crippen LogP contribution in [0.1, 0.15) is 57.8 Å². The summed E-state index contributed by atoms with van der Waals surface area (Å²) in [5, 5.41) is 20.1. The first-order chi connectivity index (χ1) is 9.20. The zero-order valence-electron chi connectivity index (χ0n) is 11.2. The fourth-order valence-corrected chi connectivity index (χ4v) is 2.12. The number of hydrogen-bond donors (Lipinski definition) is 2. The van der Waals surface area contributed by atoms with Crippen LogP contribution in [0.4, 0.5) is 0 Å². The van der Waals surface area contributed by atoms with Gasteiger partial charge in [0.2, 0.25) is 5.16 Å². The summed E-state index contributed by atoms with van der Waals surface area (Å²) in [5.74, 6) is -0.689. The molecule has 0 amide bonds. The lowest BCUT2D eigenvalue weighted by Gasteiger charge is -2.02. The number of carbonyl (C=O) groups is 1. The molecular weight excluding hydrogens is 264 g/mol. The van der Waals surface area contributed by atoms with E-state index < -0.39 is 5.97 Å². The van der Waals surface area contributed by atoms with Gasteiger partial charge < -0.3 is 5.11 Å². The summed E-state index contributed by atoms with van der Waals surface area (Å²) in [6.45, 7) is 0.824. The standard InChI is InChI=1S/C12H22N4O2S/c17-11(18)9-7-5-3-1-2-4-6-8-10-16-12(19)13-14-15-16/h1-10H2,(H,17,18)(H,13,15,19). The summed E-state index contributed by atoms with van der Waals surface area (Å²) in [6, 6.07) is 0. The largest absolute Gasteiger partial charge is 0.481 e. The van der Waals surface area contributed by atoms with Crippen molar-refractivity contribution in [3.8, 4) is 0 Å². The molecule has 0 saturated carbocycles. The minimum Gasteiger partial charge on any atom is -0.481 e. The molecule has 108 valence electrons. The molecule has 0 atom stereocenters. The molecule has 1 N–H and O–H groups in total. The number of carboxylic acids is 1. The first-order valence-electron chi connectivity index (χ1n) is 6.87. The molecule has 0 radical (unpaired) electrons. The van der Waals surface area contributed by atoms with Crippen LogP contribution < -0.4 is 0 Å². The lowest BCUT2D eigenvalue weighted by atomic mass is 10.1. The third kappa shape index (κ3) is 7.81. The molecule has 0 aliphatic heterocycles. The second-order valence-electron chi connectivity index (χ2n) is 4.67. The van der Waals surface area contributed by atoms with Crippen LogP contribution in [0, 0.1) is 0 Å². The number of aryl methyl sites for hydroxylation is 1. The second kappa shape index (κ2) is 9.77. The highest BCUT2D eigenvalue weighted by Gasteiger charge is 2.00. The highest BCUT2D eigenvalue weighted by Crippen LogP contribution is 2.10. The quantitative estimate of drug-likeness (QED) is 0.482. The number of hydrogen-bond acceptors (Lipinski definition) is 5. The van der Waals surface area contributed by atoms with Crippen molar-refractivity contribution < 1.29 is 9.90 Å². The number of aromatic nitrogens is 4. The maximum absolute atomic E-state index is 10.3. The fourth-order valence-electron chi connectivity index (χ4n) is 1.94. The van der Waals surface area contributed by atoms with Gasteiger partial charge in [-0.15, -0.1) is 17.7 Å². The van der Waals surface area contributed by atoms with E-state index in [4.69, 9.17) is 5.11 Å². The Balaban J connectivity index is 1.84. The number of tetrazole rings is 1. The highest BCUT2D eigenvalue weighted by atomic mass is 32.1. The van der Waals surface area contributed by atoms with Gasteiger partial charge in [0.05, 0.1) is 0 Å². The molecule has 1 rings (SSSR count). The molecule has 0 spiro atoms. The molecule has 0 aromatic carbocycles. The molecule has 0 fully saturated rings. The average Bonchev–Trinajstić information content (AvgIpc) is 2.77. The van der Waals surface area contributed by atoms with Crippen LogP contribution in [-0.2, 0) is 11.3 Å². The van der Waals surface area contributed by atoms with Crippen LogP contribution in [-0.4, -0.2) is 31.3 Å². The summed E-state index contributed by atoms with van der Waals surface area (Å²) in [5.41, 5.74) is 0. The van der Waals surface area contributed by atoms with Crippen molar-refractivity contribution in [3.05, 3.63) is 0 Å². The molecule has 7 heteroatoms. The minimum absolute atomic E-state index is 0.304. The van der Waals surface area contributed by atoms with Crippen molar-refractivity contribution in [2.24, 2.45) is 0 Å². The maximum atomic E-state index is 10.3. The van der Waals surface area contributed by atoms with E-state index in [0.717, 1.165) is 32.2 Å². The van der Waals surface area contributed by atoms with Crippen LogP contribution in [0.3, 0.4) is 0 Å². The highest BCUT2D eigenvalue weighted by molar-refractivity contribution is 7.80. The van der Waals surface area contributed by atoms with Crippen LogP contribution in [0.25, 0.3) is 0 Å². The summed E-state index contributed by atoms with van der Waals surface area (Å²) in [7, 11) is 0. The van der Waals surface area contributed by atoms with Crippen molar-refractivity contribution >= 4 is 18.6 Å². The van der Waals surface area contributed by atoms with Gasteiger partial charge in [0.1, 0.15) is 0 Å². The third-order valence-corrected chi connectivity index (χ3v) is 3.34. The topological polar surface area (TPSA) is 80.9 Å². The molecule has 0 saturated heterocycles. The molecule has 1 aromatic heterocycles. The van der Waals surface area contributed by atoms with E-state index in [9.17, 15) is 4.79 Å². The number of thiol groups is 1. The molecule has 6 nitrogen and oxygen atoms in total. The van der Waals surface area contributed by atoms with E-state index in [0.29, 0.717) is 11.6 Å². The number of unbranched alkanes of at least 4 members (excludes halogenated alkanes) is 7. The van der Waals surface area contributed by atoms with E-state index in [2.05, 4.69) is 28.2 Å². The van der Waals surface area contributed by atoms with Gasteiger partial charge in [-0.05, 0) is 23.3 Å². The Morgan fingerprint density at radius 3 is 2.16 bits per heavy atom. The zero-order valence-corrected chi connectivity index (χ0v) is 12.1. The van der Waals surface area contributed by atoms with Crippen LogP contribution in [0.5, 0.6) is 0 Å². The lowest BCUT2D eigenvalue weighted by Crippen LogP contribution is -2.01. The third-order valence-electron chi connectivity index (χ3n) is 3.02.